The van der Waals surface area contributed by atoms with Crippen molar-refractivity contribution in [2.45, 2.75) is 26.7 Å². The molecule has 0 aliphatic carbocycles. The maximum atomic E-state index is 6.37. The predicted octanol–water partition coefficient (Wildman–Crippen LogP) is 4.96. The number of rotatable bonds is 3. The Kier molecular flexibility index (Phi) is 4.30. The number of hydrogen-bond acceptors (Lipinski definition) is 2. The first-order valence-electron chi connectivity index (χ1n) is 8.25. The van der Waals surface area contributed by atoms with E-state index in [0.29, 0.717) is 0 Å². The average Bonchev–Trinajstić information content (AvgIpc) is 2.55. The van der Waals surface area contributed by atoms with E-state index >= 15 is 0 Å². The lowest BCUT2D eigenvalue weighted by Gasteiger charge is -2.23. The Morgan fingerprint density at radius 3 is 2.04 bits per heavy atom. The van der Waals surface area contributed by atoms with Gasteiger partial charge in [-0.25, -0.2) is 0 Å². The number of aryl methyl sites for hydroxylation is 3. The summed E-state index contributed by atoms with van der Waals surface area (Å²) in [6, 6.07) is 21.1. The van der Waals surface area contributed by atoms with Crippen LogP contribution in [-0.4, -0.2) is 0 Å². The molecule has 0 aromatic heterocycles. The third-order valence-electron chi connectivity index (χ3n) is 4.65. The van der Waals surface area contributed by atoms with Crippen molar-refractivity contribution in [2.75, 3.05) is 11.5 Å². The molecule has 0 saturated heterocycles. The Hall–Kier alpha value is -2.74. The molecule has 3 rings (SSSR count). The van der Waals surface area contributed by atoms with Crippen LogP contribution in [0.5, 0.6) is 0 Å². The summed E-state index contributed by atoms with van der Waals surface area (Å²) < 4.78 is 0. The van der Waals surface area contributed by atoms with Gasteiger partial charge in [-0.1, -0.05) is 60.2 Å². The molecule has 0 saturated carbocycles. The molecule has 4 N–H and O–H groups in total. The van der Waals surface area contributed by atoms with Crippen molar-refractivity contribution in [2.24, 2.45) is 0 Å². The minimum absolute atomic E-state index is 0.103. The smallest absolute Gasteiger partial charge is 0.0377 e. The molecule has 0 spiro atoms. The molecular weight excluding hydrogens is 292 g/mol. The number of nitrogen functional groups attached to an aromatic ring is 2. The van der Waals surface area contributed by atoms with Gasteiger partial charge in [0.2, 0.25) is 0 Å². The normalized spacial score (nSPS) is 12.1. The van der Waals surface area contributed by atoms with Gasteiger partial charge in [-0.3, -0.25) is 0 Å². The Balaban J connectivity index is 2.26. The van der Waals surface area contributed by atoms with E-state index in [1.165, 1.54) is 22.3 Å². The third-order valence-corrected chi connectivity index (χ3v) is 4.65. The molecule has 1 unspecified atom stereocenters. The lowest BCUT2D eigenvalue weighted by molar-refractivity contribution is 0.962. The van der Waals surface area contributed by atoms with Crippen LogP contribution in [-0.2, 0) is 0 Å². The second-order valence-electron chi connectivity index (χ2n) is 6.54. The first-order chi connectivity index (χ1) is 11.5. The number of nitrogens with two attached hydrogens (primary N) is 2. The maximum Gasteiger partial charge on any atom is 0.0377 e. The van der Waals surface area contributed by atoms with Crippen LogP contribution in [0.3, 0.4) is 0 Å². The highest BCUT2D eigenvalue weighted by Gasteiger charge is 2.21. The van der Waals surface area contributed by atoms with Crippen LogP contribution in [0.15, 0.2) is 60.7 Å². The zero-order valence-electron chi connectivity index (χ0n) is 14.5. The summed E-state index contributed by atoms with van der Waals surface area (Å²) in [5.41, 5.74) is 21.1. The minimum Gasteiger partial charge on any atom is -0.398 e. The lowest BCUT2D eigenvalue weighted by Crippen LogP contribution is -2.09. The van der Waals surface area contributed by atoms with Gasteiger partial charge in [-0.15, -0.1) is 0 Å². The lowest BCUT2D eigenvalue weighted by atomic mass is 9.81. The largest absolute Gasteiger partial charge is 0.398 e. The molecule has 1 atom stereocenters. The predicted molar refractivity (Wildman–Crippen MR) is 103 cm³/mol. The fourth-order valence-electron chi connectivity index (χ4n) is 3.34. The Bertz CT molecular complexity index is 867. The van der Waals surface area contributed by atoms with Crippen LogP contribution in [0.1, 0.15) is 39.3 Å². The highest BCUT2D eigenvalue weighted by molar-refractivity contribution is 5.65. The molecule has 0 amide bonds. The quantitative estimate of drug-likeness (QED) is 0.530. The zero-order chi connectivity index (χ0) is 17.3. The first-order valence-corrected chi connectivity index (χ1v) is 8.25. The summed E-state index contributed by atoms with van der Waals surface area (Å²) in [5, 5.41) is 0. The van der Waals surface area contributed by atoms with E-state index in [0.717, 1.165) is 22.5 Å². The Labute approximate surface area is 144 Å². The third kappa shape index (κ3) is 3.00. The van der Waals surface area contributed by atoms with Crippen molar-refractivity contribution in [3.63, 3.8) is 0 Å². The van der Waals surface area contributed by atoms with E-state index < -0.39 is 0 Å². The van der Waals surface area contributed by atoms with Crippen molar-refractivity contribution in [3.05, 3.63) is 94.0 Å². The van der Waals surface area contributed by atoms with Gasteiger partial charge in [0.05, 0.1) is 0 Å². The molecule has 0 fully saturated rings. The van der Waals surface area contributed by atoms with Gasteiger partial charge < -0.3 is 11.5 Å². The highest BCUT2D eigenvalue weighted by atomic mass is 14.6. The van der Waals surface area contributed by atoms with Crippen LogP contribution in [0, 0.1) is 20.8 Å². The van der Waals surface area contributed by atoms with Crippen LogP contribution >= 0.6 is 0 Å². The second kappa shape index (κ2) is 6.40. The molecule has 2 nitrogen and oxygen atoms in total. The molecule has 2 heteroatoms. The molecule has 0 heterocycles. The second-order valence-corrected chi connectivity index (χ2v) is 6.54. The highest BCUT2D eigenvalue weighted by Crippen LogP contribution is 2.38. The van der Waals surface area contributed by atoms with Gasteiger partial charge in [0, 0.05) is 17.3 Å². The van der Waals surface area contributed by atoms with Gasteiger partial charge in [0.1, 0.15) is 0 Å². The van der Waals surface area contributed by atoms with Crippen LogP contribution in [0.2, 0.25) is 0 Å². The average molecular weight is 316 g/mol. The zero-order valence-corrected chi connectivity index (χ0v) is 14.5. The Morgan fingerprint density at radius 1 is 0.667 bits per heavy atom. The maximum absolute atomic E-state index is 6.37. The van der Waals surface area contributed by atoms with E-state index in [4.69, 9.17) is 11.5 Å². The van der Waals surface area contributed by atoms with E-state index in [1.54, 1.807) is 0 Å². The van der Waals surface area contributed by atoms with Gasteiger partial charge in [-0.05, 0) is 54.7 Å². The van der Waals surface area contributed by atoms with Crippen molar-refractivity contribution >= 4 is 11.4 Å². The molecular formula is C22H24N2. The molecule has 0 aliphatic heterocycles. The van der Waals surface area contributed by atoms with Crippen molar-refractivity contribution in [1.29, 1.82) is 0 Å². The molecule has 3 aromatic rings. The van der Waals surface area contributed by atoms with E-state index in [2.05, 4.69) is 62.4 Å². The standard InChI is InChI=1S/C22H24N2/c1-14-9-10-18(15(2)11-14)22(17-7-5-4-6-8-17)19-12-16(3)20(23)13-21(19)24/h4-13,22H,23-24H2,1-3H3. The van der Waals surface area contributed by atoms with Crippen LogP contribution < -0.4 is 11.5 Å². The SMILES string of the molecule is Cc1ccc(C(c2ccccc2)c2cc(C)c(N)cc2N)c(C)c1. The first kappa shape index (κ1) is 16.1. The summed E-state index contributed by atoms with van der Waals surface area (Å²) in [4.78, 5) is 0. The van der Waals surface area contributed by atoms with Gasteiger partial charge >= 0.3 is 0 Å². The number of benzene rings is 3. The molecule has 0 bridgehead atoms. The van der Waals surface area contributed by atoms with E-state index in [-0.39, 0.29) is 5.92 Å². The van der Waals surface area contributed by atoms with E-state index in [1.807, 2.05) is 19.1 Å². The summed E-state index contributed by atoms with van der Waals surface area (Å²) in [5.74, 6) is 0.103. The van der Waals surface area contributed by atoms with Gasteiger partial charge in [0.25, 0.3) is 0 Å². The van der Waals surface area contributed by atoms with Gasteiger partial charge in [-0.2, -0.15) is 0 Å². The fraction of sp³-hybridized carbons (Fsp3) is 0.182. The van der Waals surface area contributed by atoms with Crippen molar-refractivity contribution in [1.82, 2.24) is 0 Å². The van der Waals surface area contributed by atoms with E-state index in [9.17, 15) is 0 Å². The molecule has 0 radical (unpaired) electrons. The molecule has 24 heavy (non-hydrogen) atoms. The number of anilines is 2. The summed E-state index contributed by atoms with van der Waals surface area (Å²) in [7, 11) is 0. The molecule has 122 valence electrons. The molecule has 3 aromatic carbocycles. The minimum atomic E-state index is 0.103. The monoisotopic (exact) mass is 316 g/mol. The summed E-state index contributed by atoms with van der Waals surface area (Å²) >= 11 is 0. The topological polar surface area (TPSA) is 52.0 Å². The van der Waals surface area contributed by atoms with Gasteiger partial charge in [0.15, 0.2) is 0 Å². The van der Waals surface area contributed by atoms with Crippen molar-refractivity contribution in [3.8, 4) is 0 Å². The Morgan fingerprint density at radius 2 is 1.38 bits per heavy atom. The fourth-order valence-corrected chi connectivity index (χ4v) is 3.34. The number of hydrogen-bond donors (Lipinski definition) is 2. The molecule has 0 aliphatic rings. The summed E-state index contributed by atoms with van der Waals surface area (Å²) in [6.07, 6.45) is 0. The van der Waals surface area contributed by atoms with Crippen LogP contribution in [0.25, 0.3) is 0 Å². The van der Waals surface area contributed by atoms with Crippen LogP contribution in [0.4, 0.5) is 11.4 Å². The summed E-state index contributed by atoms with van der Waals surface area (Å²) in [6.45, 7) is 6.32. The van der Waals surface area contributed by atoms with Crippen molar-refractivity contribution < 1.29 is 0 Å².